The fourth-order valence-corrected chi connectivity index (χ4v) is 2.62. The predicted molar refractivity (Wildman–Crippen MR) is 77.3 cm³/mol. The first-order valence-corrected chi connectivity index (χ1v) is 6.97. The molecule has 4 nitrogen and oxygen atoms in total. The number of nitrogens with zero attached hydrogens (tertiary/aromatic N) is 2. The van der Waals surface area contributed by atoms with E-state index in [9.17, 15) is 9.50 Å². The molecule has 0 aromatic heterocycles. The Labute approximate surface area is 119 Å². The van der Waals surface area contributed by atoms with E-state index in [0.717, 1.165) is 31.9 Å². The van der Waals surface area contributed by atoms with Crippen LogP contribution >= 0.6 is 0 Å². The minimum Gasteiger partial charge on any atom is -0.392 e. The standard InChI is InChI=1S/C15H23FN2O2/c1-15(2,20)11-17-3-5-18(6-4-17)14-8-12(10-19)7-13(16)9-14/h7-9,19-20H,3-6,10-11H2,1-2H3. The molecule has 2 rings (SSSR count). The third kappa shape index (κ3) is 4.16. The molecule has 0 spiro atoms. The van der Waals surface area contributed by atoms with E-state index in [1.165, 1.54) is 12.1 Å². The van der Waals surface area contributed by atoms with Crippen molar-refractivity contribution in [3.63, 3.8) is 0 Å². The zero-order valence-corrected chi connectivity index (χ0v) is 12.1. The van der Waals surface area contributed by atoms with Crippen molar-refractivity contribution in [3.8, 4) is 0 Å². The van der Waals surface area contributed by atoms with Gasteiger partial charge in [0, 0.05) is 38.4 Å². The van der Waals surface area contributed by atoms with Crippen LogP contribution in [0.4, 0.5) is 10.1 Å². The molecular weight excluding hydrogens is 259 g/mol. The smallest absolute Gasteiger partial charge is 0.125 e. The lowest BCUT2D eigenvalue weighted by Crippen LogP contribution is -2.50. The molecule has 112 valence electrons. The highest BCUT2D eigenvalue weighted by Gasteiger charge is 2.23. The molecule has 1 aliphatic heterocycles. The minimum atomic E-state index is -0.689. The van der Waals surface area contributed by atoms with E-state index in [0.29, 0.717) is 12.1 Å². The normalized spacial score (nSPS) is 17.6. The van der Waals surface area contributed by atoms with Gasteiger partial charge in [-0.1, -0.05) is 0 Å². The molecule has 0 saturated carbocycles. The quantitative estimate of drug-likeness (QED) is 0.871. The largest absolute Gasteiger partial charge is 0.392 e. The van der Waals surface area contributed by atoms with Crippen molar-refractivity contribution in [1.82, 2.24) is 4.90 Å². The molecule has 1 aromatic carbocycles. The van der Waals surface area contributed by atoms with Crippen LogP contribution in [0, 0.1) is 5.82 Å². The molecule has 0 unspecified atom stereocenters. The van der Waals surface area contributed by atoms with Crippen molar-refractivity contribution in [3.05, 3.63) is 29.6 Å². The minimum absolute atomic E-state index is 0.149. The summed E-state index contributed by atoms with van der Waals surface area (Å²) in [5, 5.41) is 19.0. The van der Waals surface area contributed by atoms with E-state index < -0.39 is 5.60 Å². The highest BCUT2D eigenvalue weighted by Crippen LogP contribution is 2.21. The van der Waals surface area contributed by atoms with Crippen LogP contribution < -0.4 is 4.90 Å². The second kappa shape index (κ2) is 6.08. The second-order valence-corrected chi connectivity index (χ2v) is 6.05. The van der Waals surface area contributed by atoms with Crippen LogP contribution in [0.1, 0.15) is 19.4 Å². The summed E-state index contributed by atoms with van der Waals surface area (Å²) < 4.78 is 13.5. The molecule has 1 saturated heterocycles. The Balaban J connectivity index is 1.98. The first-order chi connectivity index (χ1) is 9.37. The number of rotatable bonds is 4. The molecule has 20 heavy (non-hydrogen) atoms. The maximum absolute atomic E-state index is 13.5. The summed E-state index contributed by atoms with van der Waals surface area (Å²) in [7, 11) is 0. The van der Waals surface area contributed by atoms with Gasteiger partial charge >= 0.3 is 0 Å². The first-order valence-electron chi connectivity index (χ1n) is 6.97. The van der Waals surface area contributed by atoms with Crippen molar-refractivity contribution < 1.29 is 14.6 Å². The topological polar surface area (TPSA) is 46.9 Å². The van der Waals surface area contributed by atoms with Crippen molar-refractivity contribution in [2.24, 2.45) is 0 Å². The fraction of sp³-hybridized carbons (Fsp3) is 0.600. The number of hydrogen-bond donors (Lipinski definition) is 2. The van der Waals surface area contributed by atoms with Crippen molar-refractivity contribution in [2.45, 2.75) is 26.1 Å². The van der Waals surface area contributed by atoms with Crippen LogP contribution in [0.15, 0.2) is 18.2 Å². The molecule has 0 amide bonds. The summed E-state index contributed by atoms with van der Waals surface area (Å²) in [6.45, 7) is 7.38. The Bertz CT molecular complexity index is 452. The van der Waals surface area contributed by atoms with Crippen LogP contribution in [0.5, 0.6) is 0 Å². The Morgan fingerprint density at radius 2 is 1.80 bits per heavy atom. The van der Waals surface area contributed by atoms with Crippen molar-refractivity contribution in [1.29, 1.82) is 0 Å². The van der Waals surface area contributed by atoms with Gasteiger partial charge in [0.05, 0.1) is 12.2 Å². The van der Waals surface area contributed by atoms with Crippen LogP contribution in [-0.2, 0) is 6.61 Å². The monoisotopic (exact) mass is 282 g/mol. The Morgan fingerprint density at radius 1 is 1.15 bits per heavy atom. The van der Waals surface area contributed by atoms with E-state index in [2.05, 4.69) is 9.80 Å². The number of piperazine rings is 1. The third-order valence-corrected chi connectivity index (χ3v) is 3.47. The molecule has 1 aliphatic rings. The van der Waals surface area contributed by atoms with Crippen molar-refractivity contribution in [2.75, 3.05) is 37.6 Å². The molecule has 0 radical (unpaired) electrons. The highest BCUT2D eigenvalue weighted by molar-refractivity contribution is 5.49. The lowest BCUT2D eigenvalue weighted by Gasteiger charge is -2.38. The van der Waals surface area contributed by atoms with E-state index in [-0.39, 0.29) is 12.4 Å². The number of aliphatic hydroxyl groups excluding tert-OH is 1. The van der Waals surface area contributed by atoms with E-state index in [4.69, 9.17) is 5.11 Å². The summed E-state index contributed by atoms with van der Waals surface area (Å²) >= 11 is 0. The predicted octanol–water partition coefficient (Wildman–Crippen LogP) is 1.21. The van der Waals surface area contributed by atoms with Gasteiger partial charge in [0.1, 0.15) is 5.82 Å². The van der Waals surface area contributed by atoms with Gasteiger partial charge in [0.25, 0.3) is 0 Å². The number of anilines is 1. The number of aliphatic hydroxyl groups is 2. The van der Waals surface area contributed by atoms with E-state index >= 15 is 0 Å². The highest BCUT2D eigenvalue weighted by atomic mass is 19.1. The van der Waals surface area contributed by atoms with Gasteiger partial charge in [-0.25, -0.2) is 4.39 Å². The second-order valence-electron chi connectivity index (χ2n) is 6.05. The third-order valence-electron chi connectivity index (χ3n) is 3.47. The molecule has 2 N–H and O–H groups in total. The Morgan fingerprint density at radius 3 is 2.35 bits per heavy atom. The Kier molecular flexibility index (Phi) is 4.62. The molecule has 1 fully saturated rings. The van der Waals surface area contributed by atoms with Crippen molar-refractivity contribution >= 4 is 5.69 Å². The number of β-amino-alcohol motifs (C(OH)–C–C–N with tert-alkyl or cyclic N) is 1. The van der Waals surface area contributed by atoms with Gasteiger partial charge in [-0.3, -0.25) is 4.90 Å². The Hall–Kier alpha value is -1.17. The summed E-state index contributed by atoms with van der Waals surface area (Å²) in [4.78, 5) is 4.33. The SMILES string of the molecule is CC(C)(O)CN1CCN(c2cc(F)cc(CO)c2)CC1. The van der Waals surface area contributed by atoms with Gasteiger partial charge in [0.15, 0.2) is 0 Å². The average Bonchev–Trinajstić information content (AvgIpc) is 2.37. The summed E-state index contributed by atoms with van der Waals surface area (Å²) in [6.07, 6.45) is 0. The molecule has 0 aliphatic carbocycles. The van der Waals surface area contributed by atoms with Crippen LogP contribution in [-0.4, -0.2) is 53.4 Å². The number of benzene rings is 1. The zero-order chi connectivity index (χ0) is 14.8. The average molecular weight is 282 g/mol. The van der Waals surface area contributed by atoms with Gasteiger partial charge < -0.3 is 15.1 Å². The van der Waals surface area contributed by atoms with Gasteiger partial charge in [-0.15, -0.1) is 0 Å². The lowest BCUT2D eigenvalue weighted by atomic mass is 10.1. The maximum Gasteiger partial charge on any atom is 0.125 e. The fourth-order valence-electron chi connectivity index (χ4n) is 2.62. The van der Waals surface area contributed by atoms with Crippen LogP contribution in [0.2, 0.25) is 0 Å². The van der Waals surface area contributed by atoms with Crippen LogP contribution in [0.3, 0.4) is 0 Å². The lowest BCUT2D eigenvalue weighted by molar-refractivity contribution is 0.0345. The summed E-state index contributed by atoms with van der Waals surface area (Å²) in [5.74, 6) is -0.314. The molecule has 0 atom stereocenters. The maximum atomic E-state index is 13.5. The molecule has 0 bridgehead atoms. The number of halogens is 1. The van der Waals surface area contributed by atoms with E-state index in [1.807, 2.05) is 6.07 Å². The summed E-state index contributed by atoms with van der Waals surface area (Å²) in [5.41, 5.74) is 0.723. The van der Waals surface area contributed by atoms with Crippen LogP contribution in [0.25, 0.3) is 0 Å². The van der Waals surface area contributed by atoms with E-state index in [1.54, 1.807) is 13.8 Å². The number of hydrogen-bond acceptors (Lipinski definition) is 4. The van der Waals surface area contributed by atoms with Gasteiger partial charge in [-0.2, -0.15) is 0 Å². The molecule has 1 aromatic rings. The zero-order valence-electron chi connectivity index (χ0n) is 12.1. The van der Waals surface area contributed by atoms with Gasteiger partial charge in [0.2, 0.25) is 0 Å². The summed E-state index contributed by atoms with van der Waals surface area (Å²) in [6, 6.07) is 4.69. The molecule has 1 heterocycles. The molecule has 5 heteroatoms. The van der Waals surface area contributed by atoms with Gasteiger partial charge in [-0.05, 0) is 37.6 Å². The first kappa shape index (κ1) is 15.2. The molecular formula is C15H23FN2O2.